The maximum Gasteiger partial charge on any atom is 1.00 e. The zero-order valence-electron chi connectivity index (χ0n) is 62.4. The van der Waals surface area contributed by atoms with E-state index >= 15 is 8.78 Å². The van der Waals surface area contributed by atoms with Crippen molar-refractivity contribution in [3.05, 3.63) is 440 Å². The van der Waals surface area contributed by atoms with Crippen LogP contribution in [0.3, 0.4) is 0 Å². The van der Waals surface area contributed by atoms with E-state index in [-0.39, 0.29) is 79.6 Å². The van der Waals surface area contributed by atoms with Gasteiger partial charge in [-0.05, 0) is 147 Å². The molecule has 0 fully saturated rings. The molecule has 10 nitrogen and oxygen atoms in total. The van der Waals surface area contributed by atoms with Crippen molar-refractivity contribution in [2.75, 3.05) is 19.6 Å². The number of benzene rings is 12. The molecule has 2 amide bonds. The largest absolute Gasteiger partial charge is 1.00 e. The first-order valence-electron chi connectivity index (χ1n) is 36.7. The van der Waals surface area contributed by atoms with Crippen LogP contribution in [0.2, 0.25) is 0 Å². The summed E-state index contributed by atoms with van der Waals surface area (Å²) in [7, 11) is 0. The van der Waals surface area contributed by atoms with Crippen molar-refractivity contribution < 1.29 is 82.2 Å². The molecule has 0 bridgehead atoms. The van der Waals surface area contributed by atoms with Crippen LogP contribution in [0.1, 0.15) is 96.0 Å². The van der Waals surface area contributed by atoms with Crippen molar-refractivity contribution in [2.45, 2.75) is 69.6 Å². The number of fused-ring (bicyclic) bond motifs is 5. The van der Waals surface area contributed by atoms with Crippen molar-refractivity contribution in [1.29, 1.82) is 0 Å². The van der Waals surface area contributed by atoms with E-state index in [9.17, 15) is 45.1 Å². The fourth-order valence-corrected chi connectivity index (χ4v) is 14.2. The first-order valence-corrected chi connectivity index (χ1v) is 37.1. The summed E-state index contributed by atoms with van der Waals surface area (Å²) in [6.07, 6.45) is 9.16. The fourth-order valence-electron chi connectivity index (χ4n) is 14.2. The summed E-state index contributed by atoms with van der Waals surface area (Å²) in [6, 6.07) is 80.8. The smallest absolute Gasteiger partial charge is 0.449 e. The number of rotatable bonds is 12. The first-order chi connectivity index (χ1) is 55.5. The second-order valence-electron chi connectivity index (χ2n) is 26.9. The normalized spacial score (nSPS) is 14.8. The Morgan fingerprint density at radius 2 is 0.939 bits per heavy atom. The zero-order valence-corrected chi connectivity index (χ0v) is 63.2. The van der Waals surface area contributed by atoms with Crippen molar-refractivity contribution in [3.63, 3.8) is 0 Å². The van der Waals surface area contributed by atoms with Gasteiger partial charge in [-0.1, -0.05) is 218 Å². The summed E-state index contributed by atoms with van der Waals surface area (Å²) in [6.45, 7) is 1.61. The third kappa shape index (κ3) is 22.1. The van der Waals surface area contributed by atoms with E-state index in [1.54, 1.807) is 41.3 Å². The molecule has 3 aliphatic heterocycles. The Labute approximate surface area is 678 Å². The molecule has 3 atom stereocenters. The van der Waals surface area contributed by atoms with E-state index in [0.29, 0.717) is 36.9 Å². The van der Waals surface area contributed by atoms with E-state index in [1.807, 2.05) is 175 Å². The minimum absolute atomic E-state index is 0. The van der Waals surface area contributed by atoms with E-state index in [1.165, 1.54) is 99.7 Å². The summed E-state index contributed by atoms with van der Waals surface area (Å²) in [5.74, 6) is -5.55. The fraction of sp³-hybridized carbons (Fsp3) is 0.149. The number of amides is 2. The molecule has 0 saturated heterocycles. The van der Waals surface area contributed by atoms with Gasteiger partial charge in [0.2, 0.25) is 5.91 Å². The van der Waals surface area contributed by atoms with Gasteiger partial charge < -0.3 is 19.7 Å². The molecule has 1 aliphatic carbocycles. The van der Waals surface area contributed by atoms with Gasteiger partial charge in [0.1, 0.15) is 53.9 Å². The predicted molar refractivity (Wildman–Crippen MR) is 422 cm³/mol. The minimum Gasteiger partial charge on any atom is -0.449 e. The van der Waals surface area contributed by atoms with Crippen LogP contribution in [0.25, 0.3) is 16.8 Å². The van der Waals surface area contributed by atoms with Gasteiger partial charge in [-0.2, -0.15) is 6.07 Å². The SMILES string of the molecule is Fc1[c-]c(F)ccc1.Fc1cccc(F)c1C1NCCc2ccccc21.O=C(CN1CCc2ccccc2C1c1c(F)cccc1F)N(Cc1ccccc1F)C1Cc2ccccc2C1.O=C(Cl)OCc1ccccc1.O=C(OCc1ccccc1)N1C=Cc2ccccc2C1c1c(F)cccc1F.[Li+].c1ccc2cnccc2c1. The van der Waals surface area contributed by atoms with Crippen molar-refractivity contribution >= 4 is 45.9 Å². The molecule has 1 aromatic heterocycles. The number of aromatic nitrogens is 1. The summed E-state index contributed by atoms with van der Waals surface area (Å²) in [4.78, 5) is 45.9. The van der Waals surface area contributed by atoms with Crippen LogP contribution in [-0.4, -0.2) is 62.8 Å². The average Bonchev–Trinajstić information content (AvgIpc) is 1.04. The molecular weight excluding hydrogens is 1490 g/mol. The molecule has 0 spiro atoms. The number of halogens is 10. The van der Waals surface area contributed by atoms with Crippen LogP contribution in [0.15, 0.2) is 304 Å². The van der Waals surface area contributed by atoms with Gasteiger partial charge >= 0.3 is 30.4 Å². The summed E-state index contributed by atoms with van der Waals surface area (Å²) in [5.41, 5.74) is 9.05. The Morgan fingerprint density at radius 3 is 1.50 bits per heavy atom. The number of carbonyl (C=O) groups excluding carboxylic acids is 3. The summed E-state index contributed by atoms with van der Waals surface area (Å²) in [5, 5.41) is 5.64. The molecule has 4 aliphatic rings. The molecule has 12 aromatic carbocycles. The van der Waals surface area contributed by atoms with Crippen molar-refractivity contribution in [2.24, 2.45) is 0 Å². The van der Waals surface area contributed by atoms with E-state index < -0.39 is 76.2 Å². The van der Waals surface area contributed by atoms with Crippen molar-refractivity contribution in [3.8, 4) is 0 Å². The third-order valence-corrected chi connectivity index (χ3v) is 19.7. The second-order valence-corrected chi connectivity index (χ2v) is 27.2. The molecule has 1 N–H and O–H groups in total. The Bertz CT molecular complexity index is 5310. The third-order valence-electron chi connectivity index (χ3n) is 19.6. The van der Waals surface area contributed by atoms with Crippen LogP contribution in [-0.2, 0) is 59.7 Å². The Kier molecular flexibility index (Phi) is 30.2. The first kappa shape index (κ1) is 84.1. The van der Waals surface area contributed by atoms with Gasteiger partial charge in [0.15, 0.2) is 0 Å². The molecule has 0 saturated carbocycles. The molecule has 3 unspecified atom stereocenters. The molecule has 17 rings (SSSR count). The quantitative estimate of drug-likeness (QED) is 0.0558. The van der Waals surface area contributed by atoms with Gasteiger partial charge in [0.25, 0.3) is 0 Å². The number of carbonyl (C=O) groups is 3. The number of ether oxygens (including phenoxy) is 2. The molecule has 21 heteroatoms. The molecule has 13 aromatic rings. The van der Waals surface area contributed by atoms with E-state index in [0.717, 1.165) is 64.0 Å². The standard InChI is InChI=1S/C33H29F3N2O.C23H17F2NO2.C15H13F2N.C9H7N.C8H7ClO2.C6H3F2.Li/c34-28-13-6-4-11-25(28)20-38(26-18-23-9-1-2-10-24(23)19-26)31(39)21-37-17-16-22-8-3-5-12-27(22)33(37)32-29(35)14-7-15-30(32)36;24-19-11-6-12-20(25)21(19)22-18-10-5-4-9-17(18)13-14-26(22)23(27)28-15-16-7-2-1-3-8-16;16-12-6-3-7-13(17)14(12)15-11-5-2-1-4-10(11)8-9-18-15;1-2-4-9-7-10-6-5-8(9)3-1;9-8(10)11-6-7-4-2-1-3-5-7;7-5-2-1-3-6(8)4-5;/h1-15,26,33H,16-21H2;1-14,22H,15H2;1-7,15,18H,8-9H2;1-7H;1-5H,6H2;1-3H;/q;;;;;-1;+1. The summed E-state index contributed by atoms with van der Waals surface area (Å²) >= 11 is 4.97. The van der Waals surface area contributed by atoms with Crippen LogP contribution >= 0.6 is 11.6 Å². The van der Waals surface area contributed by atoms with Crippen molar-refractivity contribution in [1.82, 2.24) is 25.0 Å². The van der Waals surface area contributed by atoms with Gasteiger partial charge in [-0.3, -0.25) is 19.6 Å². The second kappa shape index (κ2) is 41.3. The Balaban J connectivity index is 0.000000149. The molecule has 115 heavy (non-hydrogen) atoms. The van der Waals surface area contributed by atoms with E-state index in [2.05, 4.69) is 39.3 Å². The molecule has 0 radical (unpaired) electrons. The van der Waals surface area contributed by atoms with Gasteiger partial charge in [-0.15, -0.1) is 18.2 Å². The van der Waals surface area contributed by atoms with Gasteiger partial charge in [0.05, 0.1) is 30.2 Å². The Morgan fingerprint density at radius 1 is 0.470 bits per heavy atom. The molecule has 578 valence electrons. The number of nitrogens with one attached hydrogen (secondary N) is 1. The zero-order chi connectivity index (χ0) is 79.9. The number of nitrogens with zero attached hydrogens (tertiary/aromatic N) is 4. The monoisotopic (exact) mass is 1570 g/mol. The minimum atomic E-state index is -0.953. The van der Waals surface area contributed by atoms with Crippen LogP contribution in [0.4, 0.5) is 49.1 Å². The van der Waals surface area contributed by atoms with Gasteiger partial charge in [0, 0.05) is 84.2 Å². The van der Waals surface area contributed by atoms with Gasteiger partial charge in [-0.25, -0.2) is 49.1 Å². The number of hydrogen-bond donors (Lipinski definition) is 1. The van der Waals surface area contributed by atoms with Crippen LogP contribution in [0.5, 0.6) is 0 Å². The predicted octanol–water partition coefficient (Wildman–Crippen LogP) is 18.7. The molecule has 4 heterocycles. The van der Waals surface area contributed by atoms with Crippen LogP contribution in [0, 0.1) is 58.4 Å². The maximum absolute atomic E-state index is 15.1. The number of pyridine rings is 1. The average molecular weight is 1570 g/mol. The number of hydrogen-bond acceptors (Lipinski definition) is 8. The summed E-state index contributed by atoms with van der Waals surface area (Å²) < 4.78 is 136. The maximum atomic E-state index is 15.1. The molecular formula is C94H76ClF9LiN5O5. The van der Waals surface area contributed by atoms with Crippen LogP contribution < -0.4 is 24.2 Å². The Hall–Kier alpha value is -11.8. The topological polar surface area (TPSA) is 104 Å². The van der Waals surface area contributed by atoms with E-state index in [4.69, 9.17) is 16.3 Å².